The van der Waals surface area contributed by atoms with E-state index in [0.717, 1.165) is 11.1 Å². The summed E-state index contributed by atoms with van der Waals surface area (Å²) >= 11 is 0. The summed E-state index contributed by atoms with van der Waals surface area (Å²) in [6.07, 6.45) is 0. The lowest BCUT2D eigenvalue weighted by Crippen LogP contribution is -1.98. The molecule has 0 aromatic heterocycles. The van der Waals surface area contributed by atoms with Crippen LogP contribution in [0.4, 0.5) is 5.69 Å². The van der Waals surface area contributed by atoms with Crippen LogP contribution in [0.2, 0.25) is 0 Å². The van der Waals surface area contributed by atoms with Crippen molar-refractivity contribution >= 4 is 5.69 Å². The van der Waals surface area contributed by atoms with Crippen molar-refractivity contribution < 1.29 is 14.4 Å². The lowest BCUT2D eigenvalue weighted by Gasteiger charge is -2.15. The third-order valence-corrected chi connectivity index (χ3v) is 3.30. The zero-order valence-corrected chi connectivity index (χ0v) is 12.4. The maximum Gasteiger partial charge on any atom is 0.290 e. The average Bonchev–Trinajstić information content (AvgIpc) is 2.51. The number of nitro groups is 1. The van der Waals surface area contributed by atoms with Crippen LogP contribution in [0.15, 0.2) is 30.3 Å². The molecule has 6 heteroatoms. The molecule has 0 unspecified atom stereocenters. The lowest BCUT2D eigenvalue weighted by atomic mass is 10.1. The van der Waals surface area contributed by atoms with E-state index >= 15 is 0 Å². The molecule has 0 bridgehead atoms. The molecule has 6 nitrogen and oxygen atoms in total. The third-order valence-electron chi connectivity index (χ3n) is 3.30. The number of benzene rings is 2. The monoisotopic (exact) mass is 298 g/mol. The first-order chi connectivity index (χ1) is 10.5. The molecule has 112 valence electrons. The van der Waals surface area contributed by atoms with Crippen LogP contribution in [0, 0.1) is 35.3 Å². The van der Waals surface area contributed by atoms with E-state index in [1.807, 2.05) is 32.0 Å². The van der Waals surface area contributed by atoms with Gasteiger partial charge in [0.15, 0.2) is 11.3 Å². The smallest absolute Gasteiger partial charge is 0.290 e. The van der Waals surface area contributed by atoms with Gasteiger partial charge >= 0.3 is 0 Å². The molecule has 0 aliphatic carbocycles. The van der Waals surface area contributed by atoms with Crippen LogP contribution in [-0.2, 0) is 0 Å². The second-order valence-corrected chi connectivity index (χ2v) is 4.66. The van der Waals surface area contributed by atoms with Gasteiger partial charge in [-0.25, -0.2) is 0 Å². The number of nitriles is 1. The highest BCUT2D eigenvalue weighted by molar-refractivity contribution is 5.59. The fourth-order valence-corrected chi connectivity index (χ4v) is 2.17. The Morgan fingerprint density at radius 1 is 1.18 bits per heavy atom. The molecule has 0 heterocycles. The number of aryl methyl sites for hydroxylation is 1. The summed E-state index contributed by atoms with van der Waals surface area (Å²) in [4.78, 5) is 10.4. The molecule has 2 aromatic rings. The van der Waals surface area contributed by atoms with Crippen LogP contribution >= 0.6 is 0 Å². The number of hydrogen-bond acceptors (Lipinski definition) is 5. The first kappa shape index (κ1) is 15.3. The highest BCUT2D eigenvalue weighted by Gasteiger charge is 2.20. The van der Waals surface area contributed by atoms with Crippen molar-refractivity contribution in [2.45, 2.75) is 13.8 Å². The molecule has 0 atom stereocenters. The molecular formula is C16H14N2O4. The normalized spacial score (nSPS) is 9.91. The van der Waals surface area contributed by atoms with E-state index in [9.17, 15) is 15.4 Å². The van der Waals surface area contributed by atoms with E-state index in [-0.39, 0.29) is 17.0 Å². The van der Waals surface area contributed by atoms with Gasteiger partial charge in [0.1, 0.15) is 17.6 Å². The van der Waals surface area contributed by atoms with Gasteiger partial charge in [0.25, 0.3) is 5.69 Å². The SMILES string of the molecule is COc1ccc(C)c(Oc2cccc([N+](=O)[O-])c2C#N)c1C. The molecule has 0 aliphatic rings. The van der Waals surface area contributed by atoms with Gasteiger partial charge in [-0.3, -0.25) is 10.1 Å². The van der Waals surface area contributed by atoms with Gasteiger partial charge in [-0.05, 0) is 31.5 Å². The Balaban J connectivity index is 2.56. The molecule has 0 saturated carbocycles. The number of ether oxygens (including phenoxy) is 2. The first-order valence-electron chi connectivity index (χ1n) is 6.49. The average molecular weight is 298 g/mol. The largest absolute Gasteiger partial charge is 0.496 e. The molecule has 0 spiro atoms. The van der Waals surface area contributed by atoms with Crippen LogP contribution in [0.1, 0.15) is 16.7 Å². The van der Waals surface area contributed by atoms with Crippen LogP contribution in [0.25, 0.3) is 0 Å². The van der Waals surface area contributed by atoms with Crippen molar-refractivity contribution in [3.63, 3.8) is 0 Å². The predicted molar refractivity (Wildman–Crippen MR) is 80.4 cm³/mol. The van der Waals surface area contributed by atoms with E-state index in [1.165, 1.54) is 18.2 Å². The maximum atomic E-state index is 11.0. The Labute approximate surface area is 127 Å². The molecule has 2 aromatic carbocycles. The minimum atomic E-state index is -0.600. The maximum absolute atomic E-state index is 11.0. The van der Waals surface area contributed by atoms with Crippen LogP contribution in [0.3, 0.4) is 0 Å². The van der Waals surface area contributed by atoms with E-state index < -0.39 is 4.92 Å². The topological polar surface area (TPSA) is 85.4 Å². The lowest BCUT2D eigenvalue weighted by molar-refractivity contribution is -0.385. The molecule has 0 saturated heterocycles. The minimum absolute atomic E-state index is 0.103. The van der Waals surface area contributed by atoms with Crippen molar-refractivity contribution in [1.29, 1.82) is 5.26 Å². The van der Waals surface area contributed by atoms with Crippen LogP contribution < -0.4 is 9.47 Å². The molecule has 0 fully saturated rings. The second kappa shape index (κ2) is 6.14. The zero-order valence-electron chi connectivity index (χ0n) is 12.4. The van der Waals surface area contributed by atoms with Crippen molar-refractivity contribution in [2.24, 2.45) is 0 Å². The number of methoxy groups -OCH3 is 1. The molecule has 22 heavy (non-hydrogen) atoms. The number of rotatable bonds is 4. The summed E-state index contributed by atoms with van der Waals surface area (Å²) in [6, 6.07) is 9.77. The molecule has 2 rings (SSSR count). The zero-order chi connectivity index (χ0) is 16.3. The number of hydrogen-bond donors (Lipinski definition) is 0. The molecule has 0 amide bonds. The van der Waals surface area contributed by atoms with Gasteiger partial charge in [-0.1, -0.05) is 12.1 Å². The fraction of sp³-hybridized carbons (Fsp3) is 0.188. The third kappa shape index (κ3) is 2.69. The summed E-state index contributed by atoms with van der Waals surface area (Å²) in [7, 11) is 1.55. The summed E-state index contributed by atoms with van der Waals surface area (Å²) in [5, 5.41) is 20.2. The van der Waals surface area contributed by atoms with E-state index in [0.29, 0.717) is 11.5 Å². The van der Waals surface area contributed by atoms with Crippen molar-refractivity contribution in [3.8, 4) is 23.3 Å². The van der Waals surface area contributed by atoms with E-state index in [1.54, 1.807) is 7.11 Å². The quantitative estimate of drug-likeness (QED) is 0.631. The van der Waals surface area contributed by atoms with Gasteiger partial charge < -0.3 is 9.47 Å². The van der Waals surface area contributed by atoms with Gasteiger partial charge in [0, 0.05) is 11.6 Å². The Hall–Kier alpha value is -3.07. The highest BCUT2D eigenvalue weighted by atomic mass is 16.6. The fourth-order valence-electron chi connectivity index (χ4n) is 2.17. The standard InChI is InChI=1S/C16H14N2O4/c1-10-7-8-14(21-3)11(2)16(10)22-15-6-4-5-13(18(19)20)12(15)9-17/h4-8H,1-3H3. The Kier molecular flexibility index (Phi) is 4.28. The van der Waals surface area contributed by atoms with Crippen molar-refractivity contribution in [2.75, 3.05) is 7.11 Å². The van der Waals surface area contributed by atoms with Crippen LogP contribution in [-0.4, -0.2) is 12.0 Å². The molecule has 0 aliphatic heterocycles. The Bertz CT molecular complexity index is 778. The first-order valence-corrected chi connectivity index (χ1v) is 6.49. The van der Waals surface area contributed by atoms with Gasteiger partial charge in [0.05, 0.1) is 12.0 Å². The van der Waals surface area contributed by atoms with Crippen molar-refractivity contribution in [3.05, 3.63) is 57.1 Å². The summed E-state index contributed by atoms with van der Waals surface area (Å²) in [6.45, 7) is 3.68. The molecular weight excluding hydrogens is 284 g/mol. The summed E-state index contributed by atoms with van der Waals surface area (Å²) in [5.74, 6) is 1.32. The van der Waals surface area contributed by atoms with Gasteiger partial charge in [-0.15, -0.1) is 0 Å². The number of nitrogens with zero attached hydrogens (tertiary/aromatic N) is 2. The van der Waals surface area contributed by atoms with E-state index in [2.05, 4.69) is 0 Å². The van der Waals surface area contributed by atoms with Crippen molar-refractivity contribution in [1.82, 2.24) is 0 Å². The Morgan fingerprint density at radius 3 is 2.50 bits per heavy atom. The van der Waals surface area contributed by atoms with Crippen LogP contribution in [0.5, 0.6) is 17.2 Å². The minimum Gasteiger partial charge on any atom is -0.496 e. The Morgan fingerprint density at radius 2 is 1.91 bits per heavy atom. The molecule has 0 N–H and O–H groups in total. The predicted octanol–water partition coefficient (Wildman–Crippen LogP) is 3.88. The summed E-state index contributed by atoms with van der Waals surface area (Å²) < 4.78 is 11.0. The van der Waals surface area contributed by atoms with Gasteiger partial charge in [0.2, 0.25) is 0 Å². The molecule has 0 radical (unpaired) electrons. The number of nitro benzene ring substituents is 1. The van der Waals surface area contributed by atoms with Gasteiger partial charge in [-0.2, -0.15) is 5.26 Å². The van der Waals surface area contributed by atoms with E-state index in [4.69, 9.17) is 9.47 Å². The second-order valence-electron chi connectivity index (χ2n) is 4.66. The summed E-state index contributed by atoms with van der Waals surface area (Å²) in [5.41, 5.74) is 1.22. The highest BCUT2D eigenvalue weighted by Crippen LogP contribution is 2.37.